The Hall–Kier alpha value is -2.77. The summed E-state index contributed by atoms with van der Waals surface area (Å²) in [5.41, 5.74) is 2.70. The van der Waals surface area contributed by atoms with Crippen molar-refractivity contribution in [3.05, 3.63) is 46.7 Å². The maximum Gasteiger partial charge on any atom is 0.318 e. The topological polar surface area (TPSA) is 133 Å². The minimum atomic E-state index is -3.21. The Labute approximate surface area is 221 Å². The van der Waals surface area contributed by atoms with E-state index in [1.165, 1.54) is 11.3 Å². The molecule has 4 N–H and O–H groups in total. The van der Waals surface area contributed by atoms with Crippen molar-refractivity contribution in [2.45, 2.75) is 48.6 Å². The van der Waals surface area contributed by atoms with Gasteiger partial charge in [0.25, 0.3) is 0 Å². The molecule has 1 aliphatic carbocycles. The molecule has 5 rings (SSSR count). The Morgan fingerprint density at radius 3 is 2.51 bits per heavy atom. The molecule has 37 heavy (non-hydrogen) atoms. The molecule has 2 aromatic heterocycles. The van der Waals surface area contributed by atoms with Crippen LogP contribution in [0, 0.1) is 13.8 Å². The molecule has 1 atom stereocenters. The van der Waals surface area contributed by atoms with Crippen molar-refractivity contribution in [2.75, 3.05) is 37.0 Å². The molecule has 2 fully saturated rings. The second-order valence-electron chi connectivity index (χ2n) is 9.48. The first-order valence-electron chi connectivity index (χ1n) is 12.2. The highest BCUT2D eigenvalue weighted by Crippen LogP contribution is 2.76. The van der Waals surface area contributed by atoms with Gasteiger partial charge < -0.3 is 20.3 Å². The van der Waals surface area contributed by atoms with Crippen LogP contribution in [0.1, 0.15) is 36.2 Å². The summed E-state index contributed by atoms with van der Waals surface area (Å²) in [6.07, 6.45) is 1.24. The molecule has 2 aliphatic rings. The van der Waals surface area contributed by atoms with Crippen molar-refractivity contribution < 1.29 is 18.6 Å². The van der Waals surface area contributed by atoms with E-state index in [2.05, 4.69) is 27.4 Å². The fraction of sp³-hybridized carbons (Fsp3) is 0.440. The number of hydrogen-bond acceptors (Lipinski definition) is 9. The molecule has 1 saturated heterocycles. The molecule has 1 saturated carbocycles. The standard InChI is InChI=1S/C25H32N6O4S2/c1-15-14-35-12-11-31(15)21-13-20(25(9-10-25)37(33,34)23-16(2)27-17(3)36-23)29-22(30-21)18-5-7-19(8-6-18)28-24(32)26-4/h5-8,13,15,33-34H,9-12,14H2,1-4H3,(H2,26,28,32)/t15-/m0/s1. The highest BCUT2D eigenvalue weighted by molar-refractivity contribution is 8.26. The fourth-order valence-corrected chi connectivity index (χ4v) is 8.49. The van der Waals surface area contributed by atoms with E-state index in [0.717, 1.165) is 16.4 Å². The Balaban J connectivity index is 1.59. The lowest BCUT2D eigenvalue weighted by molar-refractivity contribution is 0.0985. The second-order valence-corrected chi connectivity index (χ2v) is 13.2. The number of morpholine rings is 1. The van der Waals surface area contributed by atoms with Crippen molar-refractivity contribution in [1.82, 2.24) is 20.3 Å². The Morgan fingerprint density at radius 2 is 1.92 bits per heavy atom. The number of aryl methyl sites for hydroxylation is 2. The predicted molar refractivity (Wildman–Crippen MR) is 147 cm³/mol. The van der Waals surface area contributed by atoms with E-state index in [4.69, 9.17) is 14.7 Å². The summed E-state index contributed by atoms with van der Waals surface area (Å²) < 4.78 is 28.6. The minimum Gasteiger partial charge on any atom is -0.377 e. The van der Waals surface area contributed by atoms with E-state index in [1.807, 2.05) is 32.0 Å². The summed E-state index contributed by atoms with van der Waals surface area (Å²) in [7, 11) is -1.65. The quantitative estimate of drug-likeness (QED) is 0.341. The Bertz CT molecular complexity index is 1310. The van der Waals surface area contributed by atoms with Crippen LogP contribution in [0.2, 0.25) is 0 Å². The number of hydrogen-bond donors (Lipinski definition) is 4. The van der Waals surface area contributed by atoms with E-state index in [9.17, 15) is 13.9 Å². The summed E-state index contributed by atoms with van der Waals surface area (Å²) in [6, 6.07) is 9.02. The van der Waals surface area contributed by atoms with Crippen molar-refractivity contribution in [1.29, 1.82) is 0 Å². The van der Waals surface area contributed by atoms with Crippen LogP contribution in [-0.2, 0) is 9.48 Å². The summed E-state index contributed by atoms with van der Waals surface area (Å²) in [4.78, 5) is 28.1. The van der Waals surface area contributed by atoms with E-state index >= 15 is 0 Å². The van der Waals surface area contributed by atoms with Gasteiger partial charge in [-0.3, -0.25) is 9.11 Å². The number of rotatable bonds is 6. The van der Waals surface area contributed by atoms with Gasteiger partial charge in [-0.05, 0) is 57.9 Å². The van der Waals surface area contributed by atoms with Crippen LogP contribution in [-0.4, -0.2) is 62.9 Å². The number of thiazole rings is 1. The van der Waals surface area contributed by atoms with E-state index in [1.54, 1.807) is 19.2 Å². The zero-order valence-electron chi connectivity index (χ0n) is 21.3. The van der Waals surface area contributed by atoms with Crippen molar-refractivity contribution in [3.63, 3.8) is 0 Å². The predicted octanol–water partition coefficient (Wildman–Crippen LogP) is 4.99. The summed E-state index contributed by atoms with van der Waals surface area (Å²) in [6.45, 7) is 7.66. The van der Waals surface area contributed by atoms with Gasteiger partial charge in [0, 0.05) is 30.9 Å². The smallest absolute Gasteiger partial charge is 0.318 e. The maximum absolute atomic E-state index is 11.7. The van der Waals surface area contributed by atoms with Crippen molar-refractivity contribution >= 4 is 39.5 Å². The van der Waals surface area contributed by atoms with Gasteiger partial charge in [-0.15, -0.1) is 21.9 Å². The minimum absolute atomic E-state index is 0.116. The molecule has 0 unspecified atom stereocenters. The second kappa shape index (κ2) is 9.84. The largest absolute Gasteiger partial charge is 0.377 e. The lowest BCUT2D eigenvalue weighted by atomic mass is 10.1. The number of nitrogens with zero attached hydrogens (tertiary/aromatic N) is 4. The van der Waals surface area contributed by atoms with Gasteiger partial charge >= 0.3 is 6.03 Å². The Morgan fingerprint density at radius 1 is 1.19 bits per heavy atom. The molecule has 0 spiro atoms. The molecule has 10 nitrogen and oxygen atoms in total. The number of anilines is 2. The zero-order valence-corrected chi connectivity index (χ0v) is 22.9. The third kappa shape index (κ3) is 4.79. The number of urea groups is 1. The van der Waals surface area contributed by atoms with E-state index < -0.39 is 15.3 Å². The van der Waals surface area contributed by atoms with Crippen LogP contribution in [0.25, 0.3) is 11.4 Å². The van der Waals surface area contributed by atoms with Gasteiger partial charge in [0.15, 0.2) is 5.82 Å². The lowest BCUT2D eigenvalue weighted by Crippen LogP contribution is -2.44. The van der Waals surface area contributed by atoms with Crippen LogP contribution >= 0.6 is 21.9 Å². The van der Waals surface area contributed by atoms with Gasteiger partial charge in [-0.1, -0.05) is 0 Å². The van der Waals surface area contributed by atoms with Crippen LogP contribution in [0.3, 0.4) is 0 Å². The van der Waals surface area contributed by atoms with Crippen LogP contribution in [0.5, 0.6) is 0 Å². The first-order valence-corrected chi connectivity index (χ1v) is 14.6. The number of aromatic nitrogens is 3. The number of nitrogens with one attached hydrogen (secondary N) is 2. The van der Waals surface area contributed by atoms with Gasteiger partial charge in [0.1, 0.15) is 14.8 Å². The van der Waals surface area contributed by atoms with Crippen LogP contribution < -0.4 is 15.5 Å². The van der Waals surface area contributed by atoms with Crippen LogP contribution in [0.4, 0.5) is 16.3 Å². The van der Waals surface area contributed by atoms with Gasteiger partial charge in [0.05, 0.1) is 35.7 Å². The normalized spacial score (nSPS) is 19.4. The first-order chi connectivity index (χ1) is 17.6. The van der Waals surface area contributed by atoms with E-state index in [-0.39, 0.29) is 12.1 Å². The molecular formula is C25H32N6O4S2. The summed E-state index contributed by atoms with van der Waals surface area (Å²) in [5.74, 6) is 1.23. The molecule has 1 aliphatic heterocycles. The number of ether oxygens (including phenoxy) is 1. The molecule has 12 heteroatoms. The molecule has 2 amide bonds. The van der Waals surface area contributed by atoms with Crippen molar-refractivity contribution in [2.24, 2.45) is 0 Å². The molecule has 3 aromatic rings. The molecular weight excluding hydrogens is 512 g/mol. The maximum atomic E-state index is 11.7. The highest BCUT2D eigenvalue weighted by Gasteiger charge is 2.58. The molecule has 198 valence electrons. The summed E-state index contributed by atoms with van der Waals surface area (Å²) >= 11 is 1.34. The monoisotopic (exact) mass is 544 g/mol. The fourth-order valence-electron chi connectivity index (χ4n) is 4.66. The summed E-state index contributed by atoms with van der Waals surface area (Å²) in [5, 5.41) is 6.09. The van der Waals surface area contributed by atoms with Gasteiger partial charge in [-0.25, -0.2) is 19.7 Å². The first kappa shape index (κ1) is 25.9. The average molecular weight is 545 g/mol. The number of benzene rings is 1. The highest BCUT2D eigenvalue weighted by atomic mass is 32.3. The number of carbonyl (C=O) groups excluding carboxylic acids is 1. The average Bonchev–Trinajstić information content (AvgIpc) is 3.64. The molecule has 1 aromatic carbocycles. The Kier molecular flexibility index (Phi) is 6.88. The molecule has 3 heterocycles. The van der Waals surface area contributed by atoms with Crippen LogP contribution in [0.15, 0.2) is 34.5 Å². The third-order valence-corrected chi connectivity index (χ3v) is 11.2. The zero-order chi connectivity index (χ0) is 26.4. The number of amides is 2. The molecule has 0 radical (unpaired) electrons. The van der Waals surface area contributed by atoms with Gasteiger partial charge in [-0.2, -0.15) is 0 Å². The molecule has 0 bridgehead atoms. The lowest BCUT2D eigenvalue weighted by Gasteiger charge is -2.40. The van der Waals surface area contributed by atoms with Crippen molar-refractivity contribution in [3.8, 4) is 11.4 Å². The third-order valence-electron chi connectivity index (χ3n) is 6.84. The van der Waals surface area contributed by atoms with Gasteiger partial charge in [0.2, 0.25) is 0 Å². The van der Waals surface area contributed by atoms with E-state index in [0.29, 0.717) is 59.7 Å². The SMILES string of the molecule is CNC(=O)Nc1ccc(-c2nc(N3CCOC[C@@H]3C)cc(C3(S(O)(O)c4sc(C)nc4C)CC3)n2)cc1. The number of carbonyl (C=O) groups is 1.